The first-order valence-electron chi connectivity index (χ1n) is 12.0. The van der Waals surface area contributed by atoms with E-state index in [2.05, 4.69) is 5.32 Å². The summed E-state index contributed by atoms with van der Waals surface area (Å²) in [5, 5.41) is 12.8. The van der Waals surface area contributed by atoms with Gasteiger partial charge in [0.25, 0.3) is 0 Å². The van der Waals surface area contributed by atoms with Gasteiger partial charge in [0.1, 0.15) is 11.8 Å². The highest BCUT2D eigenvalue weighted by molar-refractivity contribution is 5.89. The van der Waals surface area contributed by atoms with Crippen LogP contribution in [0.15, 0.2) is 66.7 Å². The third kappa shape index (κ3) is 6.08. The lowest BCUT2D eigenvalue weighted by molar-refractivity contribution is -0.136. The fourth-order valence-corrected chi connectivity index (χ4v) is 4.92. The number of amides is 2. The Bertz CT molecular complexity index is 1190. The molecule has 3 aromatic rings. The Hall–Kier alpha value is -3.64. The van der Waals surface area contributed by atoms with Gasteiger partial charge in [0.15, 0.2) is 0 Å². The number of hydrogen-bond acceptors (Lipinski definition) is 4. The van der Waals surface area contributed by atoms with E-state index >= 15 is 0 Å². The third-order valence-electron chi connectivity index (χ3n) is 6.66. The summed E-state index contributed by atoms with van der Waals surface area (Å²) in [6.07, 6.45) is 1.27. The van der Waals surface area contributed by atoms with E-state index < -0.39 is 6.04 Å². The van der Waals surface area contributed by atoms with E-state index in [1.807, 2.05) is 68.4 Å². The maximum Gasteiger partial charge on any atom is 0.245 e. The molecule has 0 bridgehead atoms. The zero-order valence-corrected chi connectivity index (χ0v) is 20.3. The number of carbonyl (C=O) groups is 2. The second kappa shape index (κ2) is 10.7. The summed E-state index contributed by atoms with van der Waals surface area (Å²) in [6.45, 7) is 4.75. The second-order valence-electron chi connectivity index (χ2n) is 9.50. The lowest BCUT2D eigenvalue weighted by Crippen LogP contribution is -2.51. The van der Waals surface area contributed by atoms with E-state index in [0.29, 0.717) is 25.9 Å². The van der Waals surface area contributed by atoms with Crippen molar-refractivity contribution >= 4 is 11.8 Å². The normalized spacial score (nSPS) is 16.4. The van der Waals surface area contributed by atoms with Crippen LogP contribution in [-0.4, -0.2) is 40.4 Å². The molecule has 0 radical (unpaired) electrons. The zero-order valence-electron chi connectivity index (χ0n) is 20.3. The van der Waals surface area contributed by atoms with Crippen LogP contribution in [0, 0.1) is 13.8 Å². The van der Waals surface area contributed by atoms with Crippen LogP contribution in [0.1, 0.15) is 33.4 Å². The number of nitrogens with zero attached hydrogens (tertiary/aromatic N) is 1. The molecule has 4 N–H and O–H groups in total. The molecule has 1 aliphatic heterocycles. The quantitative estimate of drug-likeness (QED) is 0.493. The van der Waals surface area contributed by atoms with E-state index in [4.69, 9.17) is 5.73 Å². The molecule has 0 fully saturated rings. The molecule has 1 heterocycles. The number of carbonyl (C=O) groups excluding carboxylic acids is 2. The van der Waals surface area contributed by atoms with Crippen LogP contribution in [0.25, 0.3) is 0 Å². The number of aryl methyl sites for hydroxylation is 2. The second-order valence-corrected chi connectivity index (χ2v) is 9.50. The molecule has 0 aromatic heterocycles. The number of fused-ring (bicyclic) bond motifs is 1. The molecule has 1 aliphatic rings. The Morgan fingerprint density at radius 3 is 2.37 bits per heavy atom. The van der Waals surface area contributed by atoms with Gasteiger partial charge >= 0.3 is 0 Å². The first-order valence-corrected chi connectivity index (χ1v) is 12.0. The van der Waals surface area contributed by atoms with E-state index in [1.165, 1.54) is 0 Å². The van der Waals surface area contributed by atoms with Crippen molar-refractivity contribution in [2.24, 2.45) is 5.73 Å². The number of phenols is 1. The third-order valence-corrected chi connectivity index (χ3v) is 6.66. The van der Waals surface area contributed by atoms with Gasteiger partial charge in [-0.1, -0.05) is 54.6 Å². The number of rotatable bonds is 7. The van der Waals surface area contributed by atoms with Crippen molar-refractivity contribution in [3.05, 3.63) is 100 Å². The average Bonchev–Trinajstić information content (AvgIpc) is 2.93. The molecule has 2 amide bonds. The minimum absolute atomic E-state index is 0.114. The highest BCUT2D eigenvalue weighted by atomic mass is 16.3. The predicted octanol–water partition coefficient (Wildman–Crippen LogP) is 3.19. The minimum Gasteiger partial charge on any atom is -0.508 e. The van der Waals surface area contributed by atoms with E-state index in [-0.39, 0.29) is 30.0 Å². The van der Waals surface area contributed by atoms with E-state index in [9.17, 15) is 14.7 Å². The predicted molar refractivity (Wildman–Crippen MR) is 137 cm³/mol. The van der Waals surface area contributed by atoms with Gasteiger partial charge in [-0.25, -0.2) is 0 Å². The van der Waals surface area contributed by atoms with Crippen LogP contribution in [0.4, 0.5) is 0 Å². The van der Waals surface area contributed by atoms with E-state index in [1.54, 1.807) is 17.0 Å². The van der Waals surface area contributed by atoms with Crippen molar-refractivity contribution in [3.8, 4) is 5.75 Å². The minimum atomic E-state index is -0.640. The Morgan fingerprint density at radius 2 is 1.69 bits per heavy atom. The van der Waals surface area contributed by atoms with Crippen LogP contribution < -0.4 is 11.1 Å². The number of nitrogens with two attached hydrogens (primary N) is 1. The zero-order chi connectivity index (χ0) is 24.9. The first kappa shape index (κ1) is 24.5. The smallest absolute Gasteiger partial charge is 0.245 e. The van der Waals surface area contributed by atoms with Crippen molar-refractivity contribution in [2.75, 3.05) is 6.54 Å². The van der Waals surface area contributed by atoms with Gasteiger partial charge < -0.3 is 21.1 Å². The van der Waals surface area contributed by atoms with Gasteiger partial charge in [0, 0.05) is 25.6 Å². The first-order chi connectivity index (χ1) is 16.8. The SMILES string of the molecule is Cc1cc(O)cc(C)c1C[C@@H](N)CN1Cc2ccccc2C[C@@H](NC(=O)Cc2ccccc2)C1=O. The van der Waals surface area contributed by atoms with Crippen molar-refractivity contribution < 1.29 is 14.7 Å². The van der Waals surface area contributed by atoms with Crippen LogP contribution >= 0.6 is 0 Å². The molecule has 0 spiro atoms. The fraction of sp³-hybridized carbons (Fsp3) is 0.310. The number of nitrogens with one attached hydrogen (secondary N) is 1. The summed E-state index contributed by atoms with van der Waals surface area (Å²) < 4.78 is 0. The monoisotopic (exact) mass is 471 g/mol. The summed E-state index contributed by atoms with van der Waals surface area (Å²) in [4.78, 5) is 28.2. The van der Waals surface area contributed by atoms with Crippen LogP contribution in [0.2, 0.25) is 0 Å². The summed E-state index contributed by atoms with van der Waals surface area (Å²) in [5.41, 5.74) is 12.6. The van der Waals surface area contributed by atoms with Crippen molar-refractivity contribution in [1.29, 1.82) is 0 Å². The summed E-state index contributed by atoms with van der Waals surface area (Å²) >= 11 is 0. The fourth-order valence-electron chi connectivity index (χ4n) is 4.92. The van der Waals surface area contributed by atoms with Gasteiger partial charge in [0.05, 0.1) is 6.42 Å². The van der Waals surface area contributed by atoms with Crippen LogP contribution in [-0.2, 0) is 35.4 Å². The molecule has 6 nitrogen and oxygen atoms in total. The molecule has 0 aliphatic carbocycles. The molecule has 6 heteroatoms. The molecule has 3 aromatic carbocycles. The molecule has 4 rings (SSSR count). The van der Waals surface area contributed by atoms with Crippen molar-refractivity contribution in [2.45, 2.75) is 51.7 Å². The highest BCUT2D eigenvalue weighted by Gasteiger charge is 2.31. The van der Waals surface area contributed by atoms with Gasteiger partial charge in [-0.05, 0) is 65.8 Å². The number of hydrogen-bond donors (Lipinski definition) is 3. The number of phenolic OH excluding ortho intramolecular Hbond substituents is 1. The Kier molecular flexibility index (Phi) is 7.51. The molecule has 0 saturated heterocycles. The molecular formula is C29H33N3O3. The largest absolute Gasteiger partial charge is 0.508 e. The lowest BCUT2D eigenvalue weighted by atomic mass is 9.96. The Balaban J connectivity index is 1.51. The van der Waals surface area contributed by atoms with Crippen molar-refractivity contribution in [3.63, 3.8) is 0 Å². The topological polar surface area (TPSA) is 95.7 Å². The summed E-state index contributed by atoms with van der Waals surface area (Å²) in [6, 6.07) is 20.1. The maximum absolute atomic E-state index is 13.6. The van der Waals surface area contributed by atoms with Gasteiger partial charge in [-0.2, -0.15) is 0 Å². The van der Waals surface area contributed by atoms with Gasteiger partial charge in [-0.15, -0.1) is 0 Å². The van der Waals surface area contributed by atoms with Crippen LogP contribution in [0.5, 0.6) is 5.75 Å². The highest BCUT2D eigenvalue weighted by Crippen LogP contribution is 2.23. The summed E-state index contributed by atoms with van der Waals surface area (Å²) in [7, 11) is 0. The standard InChI is InChI=1S/C29H33N3O3/c1-19-12-25(33)13-20(2)26(19)16-24(30)18-32-17-23-11-7-6-10-22(23)15-27(29(32)35)31-28(34)14-21-8-4-3-5-9-21/h3-13,24,27,33H,14-18,30H2,1-2H3,(H,31,34)/t24-,27-/m1/s1. The summed E-state index contributed by atoms with van der Waals surface area (Å²) in [5.74, 6) is -0.0450. The Morgan fingerprint density at radius 1 is 1.06 bits per heavy atom. The van der Waals surface area contributed by atoms with Gasteiger partial charge in [0.2, 0.25) is 11.8 Å². The number of aromatic hydroxyl groups is 1. The molecule has 182 valence electrons. The molecule has 35 heavy (non-hydrogen) atoms. The van der Waals surface area contributed by atoms with E-state index in [0.717, 1.165) is 33.4 Å². The maximum atomic E-state index is 13.6. The van der Waals surface area contributed by atoms with Gasteiger partial charge in [-0.3, -0.25) is 9.59 Å². The molecular weight excluding hydrogens is 438 g/mol. The number of benzene rings is 3. The van der Waals surface area contributed by atoms with Crippen LogP contribution in [0.3, 0.4) is 0 Å². The lowest BCUT2D eigenvalue weighted by Gasteiger charge is -2.28. The molecule has 0 unspecified atom stereocenters. The Labute approximate surface area is 206 Å². The molecule has 2 atom stereocenters. The van der Waals surface area contributed by atoms with Crippen molar-refractivity contribution in [1.82, 2.24) is 10.2 Å². The average molecular weight is 472 g/mol. The molecule has 0 saturated carbocycles.